The molecule has 20 heavy (non-hydrogen) atoms. The van der Waals surface area contributed by atoms with Crippen LogP contribution in [-0.2, 0) is 9.59 Å². The van der Waals surface area contributed by atoms with Crippen LogP contribution >= 0.6 is 0 Å². The Bertz CT molecular complexity index is 486. The van der Waals surface area contributed by atoms with Crippen LogP contribution in [0.1, 0.15) is 20.3 Å². The standard InChI is InChI=1S/C14H21N3O3/c1-14(2,8-12(15)18)16-9-13(19)17-10-5-4-6-11(7-10)20-3/h4-7,16H,8-9H2,1-3H3,(H2,15,18)(H,17,19). The number of primary amides is 1. The van der Waals surface area contributed by atoms with Crippen molar-refractivity contribution < 1.29 is 14.3 Å². The van der Waals surface area contributed by atoms with Crippen molar-refractivity contribution in [2.24, 2.45) is 5.73 Å². The Balaban J connectivity index is 2.49. The van der Waals surface area contributed by atoms with E-state index in [4.69, 9.17) is 10.5 Å². The number of nitrogens with two attached hydrogens (primary N) is 1. The molecule has 0 atom stereocenters. The number of carbonyl (C=O) groups is 2. The number of methoxy groups -OCH3 is 1. The lowest BCUT2D eigenvalue weighted by molar-refractivity contribution is -0.120. The fraction of sp³-hybridized carbons (Fsp3) is 0.429. The van der Waals surface area contributed by atoms with E-state index >= 15 is 0 Å². The molecule has 110 valence electrons. The second-order valence-corrected chi connectivity index (χ2v) is 5.16. The maximum atomic E-state index is 11.8. The first kappa shape index (κ1) is 16.0. The first-order valence-electron chi connectivity index (χ1n) is 6.29. The van der Waals surface area contributed by atoms with Crippen molar-refractivity contribution in [2.45, 2.75) is 25.8 Å². The smallest absolute Gasteiger partial charge is 0.238 e. The third kappa shape index (κ3) is 5.71. The monoisotopic (exact) mass is 279 g/mol. The summed E-state index contributed by atoms with van der Waals surface area (Å²) in [7, 11) is 1.56. The number of amides is 2. The molecule has 0 heterocycles. The Kier molecular flexibility index (Phi) is 5.52. The number of anilines is 1. The number of nitrogens with one attached hydrogen (secondary N) is 2. The van der Waals surface area contributed by atoms with Gasteiger partial charge in [0.05, 0.1) is 13.7 Å². The summed E-state index contributed by atoms with van der Waals surface area (Å²) in [6.07, 6.45) is 0.166. The largest absolute Gasteiger partial charge is 0.497 e. The van der Waals surface area contributed by atoms with Crippen LogP contribution in [0.5, 0.6) is 5.75 Å². The number of benzene rings is 1. The zero-order chi connectivity index (χ0) is 15.2. The van der Waals surface area contributed by atoms with Crippen molar-refractivity contribution in [1.29, 1.82) is 0 Å². The lowest BCUT2D eigenvalue weighted by atomic mass is 10.0. The van der Waals surface area contributed by atoms with E-state index in [0.717, 1.165) is 0 Å². The summed E-state index contributed by atoms with van der Waals surface area (Å²) in [6, 6.07) is 7.09. The molecule has 0 spiro atoms. The fourth-order valence-corrected chi connectivity index (χ4v) is 1.72. The summed E-state index contributed by atoms with van der Waals surface area (Å²) >= 11 is 0. The molecule has 1 aromatic rings. The van der Waals surface area contributed by atoms with E-state index in [1.807, 2.05) is 13.8 Å². The summed E-state index contributed by atoms with van der Waals surface area (Å²) in [6.45, 7) is 3.73. The number of carbonyl (C=O) groups excluding carboxylic acids is 2. The number of rotatable bonds is 7. The van der Waals surface area contributed by atoms with Gasteiger partial charge in [0.25, 0.3) is 0 Å². The highest BCUT2D eigenvalue weighted by Gasteiger charge is 2.20. The Hall–Kier alpha value is -2.08. The fourth-order valence-electron chi connectivity index (χ4n) is 1.72. The van der Waals surface area contributed by atoms with Gasteiger partial charge in [0.15, 0.2) is 0 Å². The lowest BCUT2D eigenvalue weighted by Crippen LogP contribution is -2.46. The van der Waals surface area contributed by atoms with E-state index in [0.29, 0.717) is 11.4 Å². The highest BCUT2D eigenvalue weighted by molar-refractivity contribution is 5.92. The molecular formula is C14H21N3O3. The van der Waals surface area contributed by atoms with Crippen LogP contribution in [-0.4, -0.2) is 31.0 Å². The summed E-state index contributed by atoms with van der Waals surface area (Å²) in [5.74, 6) is 0.0660. The molecule has 0 unspecified atom stereocenters. The van der Waals surface area contributed by atoms with E-state index in [9.17, 15) is 9.59 Å². The van der Waals surface area contributed by atoms with Crippen LogP contribution in [0.25, 0.3) is 0 Å². The lowest BCUT2D eigenvalue weighted by Gasteiger charge is -2.24. The minimum atomic E-state index is -0.516. The Morgan fingerprint density at radius 3 is 2.65 bits per heavy atom. The van der Waals surface area contributed by atoms with E-state index in [2.05, 4.69) is 10.6 Å². The van der Waals surface area contributed by atoms with Gasteiger partial charge in [-0.3, -0.25) is 9.59 Å². The zero-order valence-corrected chi connectivity index (χ0v) is 12.0. The van der Waals surface area contributed by atoms with Crippen LogP contribution in [0.3, 0.4) is 0 Å². The summed E-state index contributed by atoms with van der Waals surface area (Å²) in [5, 5.41) is 5.74. The van der Waals surface area contributed by atoms with Crippen molar-refractivity contribution in [2.75, 3.05) is 19.0 Å². The van der Waals surface area contributed by atoms with Gasteiger partial charge < -0.3 is 21.1 Å². The molecule has 0 fully saturated rings. The zero-order valence-electron chi connectivity index (χ0n) is 12.0. The molecule has 6 heteroatoms. The van der Waals surface area contributed by atoms with Gasteiger partial charge in [0.1, 0.15) is 5.75 Å². The average Bonchev–Trinajstić information content (AvgIpc) is 2.35. The first-order chi connectivity index (χ1) is 9.32. The average molecular weight is 279 g/mol. The highest BCUT2D eigenvalue weighted by atomic mass is 16.5. The van der Waals surface area contributed by atoms with Crippen molar-refractivity contribution in [1.82, 2.24) is 5.32 Å². The Morgan fingerprint density at radius 1 is 1.35 bits per heavy atom. The molecule has 0 aliphatic rings. The third-order valence-electron chi connectivity index (χ3n) is 2.70. The SMILES string of the molecule is COc1cccc(NC(=O)CNC(C)(C)CC(N)=O)c1. The van der Waals surface area contributed by atoms with Gasteiger partial charge in [0, 0.05) is 23.7 Å². The van der Waals surface area contributed by atoms with Crippen molar-refractivity contribution in [3.8, 4) is 5.75 Å². The van der Waals surface area contributed by atoms with Gasteiger partial charge in [-0.15, -0.1) is 0 Å². The third-order valence-corrected chi connectivity index (χ3v) is 2.70. The van der Waals surface area contributed by atoms with Crippen molar-refractivity contribution in [3.05, 3.63) is 24.3 Å². The summed E-state index contributed by atoms with van der Waals surface area (Å²) in [5.41, 5.74) is 5.29. The predicted molar refractivity (Wildman–Crippen MR) is 77.5 cm³/mol. The molecule has 0 aromatic heterocycles. The molecule has 4 N–H and O–H groups in total. The summed E-state index contributed by atoms with van der Waals surface area (Å²) in [4.78, 5) is 22.7. The molecule has 0 radical (unpaired) electrons. The van der Waals surface area contributed by atoms with Gasteiger partial charge in [-0.1, -0.05) is 6.07 Å². The summed E-state index contributed by atoms with van der Waals surface area (Å²) < 4.78 is 5.08. The molecule has 2 amide bonds. The van der Waals surface area contributed by atoms with Crippen molar-refractivity contribution in [3.63, 3.8) is 0 Å². The van der Waals surface area contributed by atoms with E-state index in [1.54, 1.807) is 31.4 Å². The normalized spacial score (nSPS) is 10.9. The second-order valence-electron chi connectivity index (χ2n) is 5.16. The Labute approximate surface area is 118 Å². The first-order valence-corrected chi connectivity index (χ1v) is 6.29. The molecule has 1 aromatic carbocycles. The van der Waals surface area contributed by atoms with Crippen LogP contribution in [0.4, 0.5) is 5.69 Å². The van der Waals surface area contributed by atoms with Gasteiger partial charge in [-0.05, 0) is 26.0 Å². The van der Waals surface area contributed by atoms with Crippen LogP contribution < -0.4 is 21.1 Å². The van der Waals surface area contributed by atoms with Crippen LogP contribution in [0, 0.1) is 0 Å². The quantitative estimate of drug-likeness (QED) is 0.690. The molecule has 0 aliphatic heterocycles. The molecule has 0 bridgehead atoms. The molecule has 0 saturated heterocycles. The van der Waals surface area contributed by atoms with E-state index < -0.39 is 11.4 Å². The molecule has 6 nitrogen and oxygen atoms in total. The minimum Gasteiger partial charge on any atom is -0.497 e. The number of hydrogen-bond donors (Lipinski definition) is 3. The second kappa shape index (κ2) is 6.91. The van der Waals surface area contributed by atoms with E-state index in [-0.39, 0.29) is 18.9 Å². The van der Waals surface area contributed by atoms with Gasteiger partial charge >= 0.3 is 0 Å². The van der Waals surface area contributed by atoms with E-state index in [1.165, 1.54) is 0 Å². The number of ether oxygens (including phenoxy) is 1. The molecule has 0 saturated carbocycles. The van der Waals surface area contributed by atoms with Gasteiger partial charge in [0.2, 0.25) is 11.8 Å². The molecule has 1 rings (SSSR count). The minimum absolute atomic E-state index is 0.0947. The van der Waals surface area contributed by atoms with Gasteiger partial charge in [-0.25, -0.2) is 0 Å². The number of hydrogen-bond acceptors (Lipinski definition) is 4. The van der Waals surface area contributed by atoms with Gasteiger partial charge in [-0.2, -0.15) is 0 Å². The van der Waals surface area contributed by atoms with Crippen LogP contribution in [0.15, 0.2) is 24.3 Å². The predicted octanol–water partition coefficient (Wildman–Crippen LogP) is 0.877. The maximum Gasteiger partial charge on any atom is 0.238 e. The topological polar surface area (TPSA) is 93.4 Å². The molecular weight excluding hydrogens is 258 g/mol. The Morgan fingerprint density at radius 2 is 2.05 bits per heavy atom. The highest BCUT2D eigenvalue weighted by Crippen LogP contribution is 2.16. The molecule has 0 aliphatic carbocycles. The van der Waals surface area contributed by atoms with Crippen molar-refractivity contribution >= 4 is 17.5 Å². The maximum absolute atomic E-state index is 11.8. The van der Waals surface area contributed by atoms with Crippen LogP contribution in [0.2, 0.25) is 0 Å².